The number of nitro groups is 1. The van der Waals surface area contributed by atoms with Gasteiger partial charge in [0.1, 0.15) is 11.5 Å². The van der Waals surface area contributed by atoms with Gasteiger partial charge in [-0.3, -0.25) is 30.3 Å². The number of amides is 2. The van der Waals surface area contributed by atoms with E-state index in [2.05, 4.69) is 25.9 Å². The molecule has 3 heterocycles. The predicted molar refractivity (Wildman–Crippen MR) is 183 cm³/mol. The Balaban J connectivity index is 1.36. The summed E-state index contributed by atoms with van der Waals surface area (Å²) in [5, 5.41) is 21.4. The highest BCUT2D eigenvalue weighted by molar-refractivity contribution is 7.22. The lowest BCUT2D eigenvalue weighted by molar-refractivity contribution is -0.384. The van der Waals surface area contributed by atoms with Gasteiger partial charge in [-0.15, -0.1) is 0 Å². The Bertz CT molecular complexity index is 2000. The van der Waals surface area contributed by atoms with Crippen LogP contribution in [0.3, 0.4) is 0 Å². The third-order valence-electron chi connectivity index (χ3n) is 7.45. The molecule has 0 radical (unpaired) electrons. The summed E-state index contributed by atoms with van der Waals surface area (Å²) in [6.07, 6.45) is 0. The standard InChI is InChI=1S/C33H30N6O6S2/c1-5-44-21-10-12-23-25(15-21)46-32(35-23)37-30(40)27-17(3)34-18(4)28(29(27)19-8-7-9-20(14-19)39(42)43)31(41)38-33-36-24-13-11-22(45-6-2)16-26(24)47-33/h7-16,29,34H,5-6H2,1-4H3,(H,35,37,40)(H,36,38,41). The van der Waals surface area contributed by atoms with E-state index in [4.69, 9.17) is 9.47 Å². The van der Waals surface area contributed by atoms with Crippen LogP contribution in [0.25, 0.3) is 20.4 Å². The van der Waals surface area contributed by atoms with E-state index in [-0.39, 0.29) is 16.8 Å². The Hall–Kier alpha value is -5.34. The number of thiazole rings is 2. The number of aromatic nitrogens is 2. The number of anilines is 2. The molecule has 6 rings (SSSR count). The molecule has 0 spiro atoms. The van der Waals surface area contributed by atoms with Crippen LogP contribution in [0.15, 0.2) is 83.2 Å². The molecule has 5 aromatic rings. The maximum atomic E-state index is 14.1. The van der Waals surface area contributed by atoms with E-state index in [1.54, 1.807) is 19.9 Å². The zero-order valence-corrected chi connectivity index (χ0v) is 27.5. The summed E-state index contributed by atoms with van der Waals surface area (Å²) in [6, 6.07) is 17.0. The molecule has 14 heteroatoms. The quantitative estimate of drug-likeness (QED) is 0.104. The summed E-state index contributed by atoms with van der Waals surface area (Å²) in [5.74, 6) is -0.564. The van der Waals surface area contributed by atoms with E-state index < -0.39 is 22.7 Å². The first kappa shape index (κ1) is 31.6. The summed E-state index contributed by atoms with van der Waals surface area (Å²) in [7, 11) is 0. The van der Waals surface area contributed by atoms with Crippen LogP contribution in [0.5, 0.6) is 11.5 Å². The average molecular weight is 671 g/mol. The highest BCUT2D eigenvalue weighted by Crippen LogP contribution is 2.41. The Morgan fingerprint density at radius 3 is 1.81 bits per heavy atom. The molecule has 12 nitrogen and oxygen atoms in total. The third-order valence-corrected chi connectivity index (χ3v) is 9.31. The van der Waals surface area contributed by atoms with Gasteiger partial charge in [0.15, 0.2) is 10.3 Å². The zero-order chi connectivity index (χ0) is 33.2. The minimum Gasteiger partial charge on any atom is -0.494 e. The monoisotopic (exact) mass is 670 g/mol. The molecule has 2 amide bonds. The van der Waals surface area contributed by atoms with Gasteiger partial charge < -0.3 is 14.8 Å². The normalized spacial score (nSPS) is 13.5. The van der Waals surface area contributed by atoms with Crippen LogP contribution < -0.4 is 25.4 Å². The van der Waals surface area contributed by atoms with Crippen molar-refractivity contribution in [2.24, 2.45) is 0 Å². The molecule has 0 atom stereocenters. The first-order valence-corrected chi connectivity index (χ1v) is 16.4. The topological polar surface area (TPSA) is 158 Å². The minimum atomic E-state index is -0.950. The largest absolute Gasteiger partial charge is 0.494 e. The maximum absolute atomic E-state index is 14.1. The molecule has 0 saturated carbocycles. The van der Waals surface area contributed by atoms with Crippen LogP contribution in [0, 0.1) is 10.1 Å². The number of fused-ring (bicyclic) bond motifs is 2. The van der Waals surface area contributed by atoms with Crippen molar-refractivity contribution in [3.63, 3.8) is 0 Å². The number of ether oxygens (including phenoxy) is 2. The Morgan fingerprint density at radius 1 is 0.830 bits per heavy atom. The van der Waals surface area contributed by atoms with Crippen molar-refractivity contribution in [1.82, 2.24) is 15.3 Å². The fourth-order valence-electron chi connectivity index (χ4n) is 5.51. The van der Waals surface area contributed by atoms with Gasteiger partial charge in [-0.2, -0.15) is 0 Å². The molecule has 0 bridgehead atoms. The Labute approximate surface area is 277 Å². The molecule has 0 saturated heterocycles. The summed E-state index contributed by atoms with van der Waals surface area (Å²) in [6.45, 7) is 8.29. The number of dihydropyridines is 1. The van der Waals surface area contributed by atoms with Crippen molar-refractivity contribution in [2.75, 3.05) is 23.8 Å². The maximum Gasteiger partial charge on any atom is 0.269 e. The van der Waals surface area contributed by atoms with E-state index in [9.17, 15) is 19.7 Å². The van der Waals surface area contributed by atoms with Gasteiger partial charge in [-0.25, -0.2) is 9.97 Å². The second kappa shape index (κ2) is 13.2. The van der Waals surface area contributed by atoms with Gasteiger partial charge in [0.25, 0.3) is 17.5 Å². The van der Waals surface area contributed by atoms with Crippen LogP contribution in [0.1, 0.15) is 39.2 Å². The van der Waals surface area contributed by atoms with E-state index >= 15 is 0 Å². The SMILES string of the molecule is CCOc1ccc2nc(NC(=O)C3=C(C)NC(C)=C(C(=O)Nc4nc5ccc(OCC)cc5s4)C3c3cccc([N+](=O)[O-])c3)sc2c1. The summed E-state index contributed by atoms with van der Waals surface area (Å²) in [4.78, 5) is 48.5. The van der Waals surface area contributed by atoms with E-state index in [1.165, 1.54) is 40.9 Å². The smallest absolute Gasteiger partial charge is 0.269 e. The number of nitrogens with zero attached hydrogens (tertiary/aromatic N) is 3. The number of carbonyl (C=O) groups excluding carboxylic acids is 2. The van der Waals surface area contributed by atoms with E-state index in [0.29, 0.717) is 63.0 Å². The number of non-ortho nitro benzene ring substituents is 1. The van der Waals surface area contributed by atoms with Crippen molar-refractivity contribution in [3.8, 4) is 11.5 Å². The van der Waals surface area contributed by atoms with Crippen LogP contribution in [-0.4, -0.2) is 39.9 Å². The molecule has 3 N–H and O–H groups in total. The number of hydrogen-bond donors (Lipinski definition) is 3. The number of hydrogen-bond acceptors (Lipinski definition) is 11. The lowest BCUT2D eigenvalue weighted by Crippen LogP contribution is -2.35. The number of allylic oxidation sites excluding steroid dienone is 2. The lowest BCUT2D eigenvalue weighted by atomic mass is 9.79. The third kappa shape index (κ3) is 6.50. The molecule has 1 aliphatic heterocycles. The van der Waals surface area contributed by atoms with Gasteiger partial charge in [0.2, 0.25) is 0 Å². The van der Waals surface area contributed by atoms with Crippen molar-refractivity contribution < 1.29 is 24.0 Å². The molecular formula is C33H30N6O6S2. The minimum absolute atomic E-state index is 0.164. The first-order chi connectivity index (χ1) is 22.6. The molecule has 0 fully saturated rings. The average Bonchev–Trinajstić information content (AvgIpc) is 3.62. The second-order valence-electron chi connectivity index (χ2n) is 10.6. The summed E-state index contributed by atoms with van der Waals surface area (Å²) >= 11 is 2.57. The molecular weight excluding hydrogens is 641 g/mol. The van der Waals surface area contributed by atoms with Crippen molar-refractivity contribution in [1.29, 1.82) is 0 Å². The van der Waals surface area contributed by atoms with Gasteiger partial charge in [0.05, 0.1) is 38.6 Å². The lowest BCUT2D eigenvalue weighted by Gasteiger charge is -2.31. The van der Waals surface area contributed by atoms with Crippen molar-refractivity contribution >= 4 is 70.9 Å². The summed E-state index contributed by atoms with van der Waals surface area (Å²) < 4.78 is 12.9. The second-order valence-corrected chi connectivity index (χ2v) is 12.6. The fourth-order valence-corrected chi connectivity index (χ4v) is 7.28. The van der Waals surface area contributed by atoms with Gasteiger partial charge in [-0.1, -0.05) is 34.8 Å². The molecule has 3 aromatic carbocycles. The zero-order valence-electron chi connectivity index (χ0n) is 25.9. The number of nitro benzene ring substituents is 1. The molecule has 1 aliphatic rings. The van der Waals surface area contributed by atoms with Crippen molar-refractivity contribution in [3.05, 3.63) is 98.9 Å². The van der Waals surface area contributed by atoms with Gasteiger partial charge in [0, 0.05) is 40.6 Å². The highest BCUT2D eigenvalue weighted by Gasteiger charge is 2.37. The van der Waals surface area contributed by atoms with Crippen molar-refractivity contribution in [2.45, 2.75) is 33.6 Å². The van der Waals surface area contributed by atoms with Crippen LogP contribution in [-0.2, 0) is 9.59 Å². The van der Waals surface area contributed by atoms with Gasteiger partial charge in [-0.05, 0) is 69.7 Å². The fraction of sp³-hybridized carbons (Fsp3) is 0.212. The highest BCUT2D eigenvalue weighted by atomic mass is 32.1. The molecule has 240 valence electrons. The van der Waals surface area contributed by atoms with E-state index in [1.807, 2.05) is 50.2 Å². The number of benzene rings is 3. The molecule has 0 aliphatic carbocycles. The van der Waals surface area contributed by atoms with Crippen LogP contribution >= 0.6 is 22.7 Å². The number of nitrogens with one attached hydrogen (secondary N) is 3. The predicted octanol–water partition coefficient (Wildman–Crippen LogP) is 7.12. The Kier molecular flexibility index (Phi) is 8.87. The number of rotatable bonds is 10. The first-order valence-electron chi connectivity index (χ1n) is 14.8. The summed E-state index contributed by atoms with van der Waals surface area (Å²) in [5.41, 5.74) is 3.07. The van der Waals surface area contributed by atoms with Crippen LogP contribution in [0.2, 0.25) is 0 Å². The van der Waals surface area contributed by atoms with Gasteiger partial charge >= 0.3 is 0 Å². The number of carbonyl (C=O) groups is 2. The molecule has 47 heavy (non-hydrogen) atoms. The Morgan fingerprint density at radius 2 is 1.34 bits per heavy atom. The van der Waals surface area contributed by atoms with E-state index in [0.717, 1.165) is 9.40 Å². The van der Waals surface area contributed by atoms with Crippen LogP contribution in [0.4, 0.5) is 16.0 Å². The molecule has 0 unspecified atom stereocenters. The molecule has 2 aromatic heterocycles.